The highest BCUT2D eigenvalue weighted by Gasteiger charge is 2.44. The molecule has 4 heterocycles. The molecular weight excluding hydrogens is 494 g/mol. The lowest BCUT2D eigenvalue weighted by atomic mass is 10.0. The van der Waals surface area contributed by atoms with Gasteiger partial charge in [0.2, 0.25) is 5.95 Å². The van der Waals surface area contributed by atoms with Gasteiger partial charge in [-0.15, -0.1) is 0 Å². The summed E-state index contributed by atoms with van der Waals surface area (Å²) in [5.74, 6) is 1.93. The van der Waals surface area contributed by atoms with E-state index < -0.39 is 0 Å². The second kappa shape index (κ2) is 10.9. The molecule has 1 aromatic heterocycles. The van der Waals surface area contributed by atoms with Gasteiger partial charge in [-0.2, -0.15) is 10.1 Å². The minimum absolute atomic E-state index is 0.0762. The summed E-state index contributed by atoms with van der Waals surface area (Å²) in [7, 11) is 3.73. The number of methoxy groups -OCH3 is 1. The van der Waals surface area contributed by atoms with Crippen molar-refractivity contribution in [2.24, 2.45) is 5.10 Å². The Hall–Kier alpha value is -3.60. The molecule has 3 aliphatic heterocycles. The smallest absolute Gasteiger partial charge is 0.251 e. The molecule has 1 saturated carbocycles. The van der Waals surface area contributed by atoms with E-state index >= 15 is 0 Å². The molecule has 4 aliphatic rings. The average Bonchev–Trinajstić information content (AvgIpc) is 3.66. The minimum atomic E-state index is -0.0762. The van der Waals surface area contributed by atoms with Crippen molar-refractivity contribution >= 4 is 35.4 Å². The van der Waals surface area contributed by atoms with E-state index in [1.54, 1.807) is 13.2 Å². The molecule has 1 aromatic carbocycles. The van der Waals surface area contributed by atoms with Crippen LogP contribution in [-0.4, -0.2) is 78.7 Å². The van der Waals surface area contributed by atoms with Gasteiger partial charge in [-0.3, -0.25) is 10.2 Å². The first kappa shape index (κ1) is 25.7. The van der Waals surface area contributed by atoms with Crippen molar-refractivity contribution < 1.29 is 9.53 Å². The first-order chi connectivity index (χ1) is 19.1. The summed E-state index contributed by atoms with van der Waals surface area (Å²) in [5.41, 5.74) is 5.55. The van der Waals surface area contributed by atoms with E-state index in [2.05, 4.69) is 54.8 Å². The minimum Gasteiger partial charge on any atom is -0.495 e. The SMILES string of the molecule is CCC1C2NN=CN2c2cnc(Nc3ccc(C(=O)NC4CCN(C)CC4)cc3OC)nc2N1C1CCCC1. The molecule has 6 rings (SSSR count). The van der Waals surface area contributed by atoms with Gasteiger partial charge in [-0.1, -0.05) is 19.8 Å². The molecule has 11 nitrogen and oxygen atoms in total. The van der Waals surface area contributed by atoms with Crippen LogP contribution in [0.15, 0.2) is 29.5 Å². The van der Waals surface area contributed by atoms with Gasteiger partial charge in [-0.25, -0.2) is 4.98 Å². The van der Waals surface area contributed by atoms with Gasteiger partial charge in [0.25, 0.3) is 5.91 Å². The summed E-state index contributed by atoms with van der Waals surface area (Å²) in [6.07, 6.45) is 11.5. The van der Waals surface area contributed by atoms with E-state index in [-0.39, 0.29) is 24.2 Å². The largest absolute Gasteiger partial charge is 0.495 e. The third kappa shape index (κ3) is 4.95. The van der Waals surface area contributed by atoms with Gasteiger partial charge in [0.1, 0.15) is 23.9 Å². The van der Waals surface area contributed by atoms with Crippen LogP contribution in [0.3, 0.4) is 0 Å². The third-order valence-electron chi connectivity index (χ3n) is 8.58. The number of rotatable bonds is 7. The van der Waals surface area contributed by atoms with E-state index in [1.807, 2.05) is 24.7 Å². The van der Waals surface area contributed by atoms with Crippen molar-refractivity contribution in [1.29, 1.82) is 0 Å². The first-order valence-corrected chi connectivity index (χ1v) is 14.2. The lowest BCUT2D eigenvalue weighted by molar-refractivity contribution is 0.0916. The number of amides is 1. The standard InChI is InChI=1S/C28H39N9O2/c1-4-22-26-34-30-17-36(26)23-16-29-28(33-25(23)37(22)20-7-5-6-8-20)32-21-10-9-18(15-24(21)39-3)27(38)31-19-11-13-35(2)14-12-19/h9-10,15-17,19-20,22,26,34H,4-8,11-14H2,1-3H3,(H,31,38)(H,29,32,33). The van der Waals surface area contributed by atoms with Crippen LogP contribution in [0.1, 0.15) is 62.2 Å². The number of carbonyl (C=O) groups is 1. The molecule has 1 aliphatic carbocycles. The molecule has 11 heteroatoms. The third-order valence-corrected chi connectivity index (χ3v) is 8.58. The lowest BCUT2D eigenvalue weighted by Gasteiger charge is -2.47. The predicted molar refractivity (Wildman–Crippen MR) is 153 cm³/mol. The molecule has 3 N–H and O–H groups in total. The fourth-order valence-electron chi connectivity index (χ4n) is 6.42. The van der Waals surface area contributed by atoms with Gasteiger partial charge >= 0.3 is 0 Å². The molecule has 1 saturated heterocycles. The monoisotopic (exact) mass is 533 g/mol. The van der Waals surface area contributed by atoms with Crippen LogP contribution in [-0.2, 0) is 0 Å². The first-order valence-electron chi connectivity index (χ1n) is 14.2. The topological polar surface area (TPSA) is 110 Å². The number of hydrogen-bond acceptors (Lipinski definition) is 10. The highest BCUT2D eigenvalue weighted by molar-refractivity contribution is 5.95. The number of anilines is 4. The highest BCUT2D eigenvalue weighted by Crippen LogP contribution is 2.42. The Morgan fingerprint density at radius 3 is 2.72 bits per heavy atom. The molecule has 2 fully saturated rings. The van der Waals surface area contributed by atoms with Crippen molar-refractivity contribution in [3.05, 3.63) is 30.0 Å². The maximum Gasteiger partial charge on any atom is 0.251 e. The summed E-state index contributed by atoms with van der Waals surface area (Å²) >= 11 is 0. The molecule has 2 atom stereocenters. The zero-order valence-corrected chi connectivity index (χ0v) is 23.1. The summed E-state index contributed by atoms with van der Waals surface area (Å²) in [5, 5.41) is 10.9. The Bertz CT molecular complexity index is 1220. The Morgan fingerprint density at radius 2 is 1.97 bits per heavy atom. The van der Waals surface area contributed by atoms with Crippen LogP contribution in [0.25, 0.3) is 0 Å². The number of aromatic nitrogens is 2. The van der Waals surface area contributed by atoms with E-state index in [1.165, 1.54) is 25.7 Å². The summed E-state index contributed by atoms with van der Waals surface area (Å²) in [6, 6.07) is 6.37. The van der Waals surface area contributed by atoms with Gasteiger partial charge in [0, 0.05) is 17.6 Å². The van der Waals surface area contributed by atoms with E-state index in [9.17, 15) is 4.79 Å². The van der Waals surface area contributed by atoms with Crippen LogP contribution in [0.5, 0.6) is 5.75 Å². The van der Waals surface area contributed by atoms with Crippen molar-refractivity contribution in [3.63, 3.8) is 0 Å². The summed E-state index contributed by atoms with van der Waals surface area (Å²) in [6.45, 7) is 4.22. The molecule has 208 valence electrons. The van der Waals surface area contributed by atoms with Gasteiger partial charge in [-0.05, 0) is 70.4 Å². The number of hydrazone groups is 1. The van der Waals surface area contributed by atoms with Crippen molar-refractivity contribution in [2.75, 3.05) is 42.4 Å². The Kier molecular flexibility index (Phi) is 7.16. The average molecular weight is 534 g/mol. The molecule has 2 aromatic rings. The fourth-order valence-corrected chi connectivity index (χ4v) is 6.42. The highest BCUT2D eigenvalue weighted by atomic mass is 16.5. The zero-order chi connectivity index (χ0) is 26.9. The quantitative estimate of drug-likeness (QED) is 0.494. The fraction of sp³-hybridized carbons (Fsp3) is 0.571. The molecular formula is C28H39N9O2. The number of likely N-dealkylation sites (tertiary alicyclic amines) is 1. The van der Waals surface area contributed by atoms with Crippen LogP contribution in [0.2, 0.25) is 0 Å². The number of benzene rings is 1. The van der Waals surface area contributed by atoms with Crippen LogP contribution in [0, 0.1) is 0 Å². The number of carbonyl (C=O) groups excluding carboxylic acids is 1. The van der Waals surface area contributed by atoms with E-state index in [4.69, 9.17) is 9.72 Å². The van der Waals surface area contributed by atoms with Crippen molar-refractivity contribution in [3.8, 4) is 5.75 Å². The normalized spacial score (nSPS) is 23.4. The van der Waals surface area contributed by atoms with E-state index in [0.29, 0.717) is 29.0 Å². The molecule has 0 spiro atoms. The summed E-state index contributed by atoms with van der Waals surface area (Å²) in [4.78, 5) is 29.6. The van der Waals surface area contributed by atoms with Gasteiger partial charge in [0.05, 0.1) is 25.0 Å². The molecule has 0 radical (unpaired) electrons. The van der Waals surface area contributed by atoms with Crippen LogP contribution >= 0.6 is 0 Å². The Morgan fingerprint density at radius 1 is 1.18 bits per heavy atom. The van der Waals surface area contributed by atoms with Crippen molar-refractivity contribution in [1.82, 2.24) is 25.6 Å². The maximum atomic E-state index is 13.0. The number of hydrogen-bond donors (Lipinski definition) is 3. The number of fused-ring (bicyclic) bond motifs is 3. The maximum absolute atomic E-state index is 13.0. The Balaban J connectivity index is 1.24. The van der Waals surface area contributed by atoms with Gasteiger partial charge in [0.15, 0.2) is 5.82 Å². The summed E-state index contributed by atoms with van der Waals surface area (Å²) < 4.78 is 5.67. The second-order valence-corrected chi connectivity index (χ2v) is 11.0. The number of ether oxygens (including phenoxy) is 1. The van der Waals surface area contributed by atoms with Crippen LogP contribution in [0.4, 0.5) is 23.1 Å². The zero-order valence-electron chi connectivity index (χ0n) is 23.1. The molecule has 39 heavy (non-hydrogen) atoms. The second-order valence-electron chi connectivity index (χ2n) is 11.0. The van der Waals surface area contributed by atoms with Crippen molar-refractivity contribution in [2.45, 2.75) is 76.2 Å². The van der Waals surface area contributed by atoms with E-state index in [0.717, 1.165) is 43.9 Å². The number of nitrogens with zero attached hydrogens (tertiary/aromatic N) is 6. The lowest BCUT2D eigenvalue weighted by Crippen LogP contribution is -2.60. The number of piperidine rings is 1. The van der Waals surface area contributed by atoms with Crippen LogP contribution < -0.4 is 30.6 Å². The van der Waals surface area contributed by atoms with Gasteiger partial charge < -0.3 is 30.1 Å². The molecule has 2 unspecified atom stereocenters. The molecule has 0 bridgehead atoms. The number of nitrogens with one attached hydrogen (secondary N) is 3. The Labute approximate surface area is 230 Å². The molecule has 1 amide bonds. The predicted octanol–water partition coefficient (Wildman–Crippen LogP) is 3.27.